The molecule has 2 N–H and O–H groups in total. The summed E-state index contributed by atoms with van der Waals surface area (Å²) in [5, 5.41) is 20.2. The summed E-state index contributed by atoms with van der Waals surface area (Å²) >= 11 is 0. The van der Waals surface area contributed by atoms with Crippen LogP contribution in [0.2, 0.25) is 0 Å². The van der Waals surface area contributed by atoms with Gasteiger partial charge in [0.25, 0.3) is 17.2 Å². The number of carboxylic acid groups (broad SMARTS) is 1. The topological polar surface area (TPSA) is 163 Å². The van der Waals surface area contributed by atoms with Crippen LogP contribution >= 0.6 is 0 Å². The molecule has 1 aliphatic rings. The van der Waals surface area contributed by atoms with Crippen LogP contribution in [0.15, 0.2) is 82.5 Å². The summed E-state index contributed by atoms with van der Waals surface area (Å²) in [5.74, 6) is -3.61. The maximum Gasteiger partial charge on any atom is 0.361 e. The minimum absolute atomic E-state index is 0.00218. The lowest BCUT2D eigenvalue weighted by Gasteiger charge is -2.31. The Morgan fingerprint density at radius 2 is 1.57 bits per heavy atom. The Morgan fingerprint density at radius 1 is 0.973 bits per heavy atom. The molecular formula is C25H22N2O10. The molecule has 2 heterocycles. The van der Waals surface area contributed by atoms with Crippen LogP contribution in [0.1, 0.15) is 20.7 Å². The van der Waals surface area contributed by atoms with Gasteiger partial charge < -0.3 is 24.4 Å². The standard InChI is InChI=1S/C25H22N2O10/c1-35-20-19(36-22(31)16-10-6-3-7-11-16)17(14-28)37-25(20,23(32)33)26-13-12-18(29)27(24(26)34)21(30)15-8-4-2-5-9-15/h2-13,17,19-20,28H,14H2,1H3,(H,32,33)/t17-,19-,20-,25+/m1/s1. The average Bonchev–Trinajstić information content (AvgIpc) is 3.23. The number of methoxy groups -OCH3 is 1. The number of nitrogens with zero attached hydrogens (tertiary/aromatic N) is 2. The number of aliphatic carboxylic acids is 1. The molecule has 0 unspecified atom stereocenters. The molecule has 3 aromatic rings. The van der Waals surface area contributed by atoms with E-state index in [0.29, 0.717) is 4.57 Å². The van der Waals surface area contributed by atoms with Gasteiger partial charge in [0.2, 0.25) is 0 Å². The highest BCUT2D eigenvalue weighted by Crippen LogP contribution is 2.39. The van der Waals surface area contributed by atoms with Crippen molar-refractivity contribution in [1.82, 2.24) is 9.13 Å². The van der Waals surface area contributed by atoms with Crippen molar-refractivity contribution in [3.05, 3.63) is 105 Å². The number of carboxylic acids is 1. The van der Waals surface area contributed by atoms with E-state index >= 15 is 0 Å². The van der Waals surface area contributed by atoms with E-state index in [-0.39, 0.29) is 15.7 Å². The number of hydrogen-bond acceptors (Lipinski definition) is 9. The van der Waals surface area contributed by atoms with Gasteiger partial charge in [-0.15, -0.1) is 0 Å². The molecule has 0 bridgehead atoms. The highest BCUT2D eigenvalue weighted by atomic mass is 16.7. The van der Waals surface area contributed by atoms with E-state index in [0.717, 1.165) is 19.4 Å². The number of aromatic nitrogens is 2. The fourth-order valence-electron chi connectivity index (χ4n) is 4.22. The smallest absolute Gasteiger partial charge is 0.361 e. The minimum Gasteiger partial charge on any atom is -0.478 e. The first-order valence-electron chi connectivity index (χ1n) is 11.0. The molecule has 0 saturated carbocycles. The number of benzene rings is 2. The molecule has 0 radical (unpaired) electrons. The van der Waals surface area contributed by atoms with E-state index in [2.05, 4.69) is 0 Å². The second-order valence-corrected chi connectivity index (χ2v) is 8.05. The summed E-state index contributed by atoms with van der Waals surface area (Å²) in [4.78, 5) is 64.4. The zero-order valence-corrected chi connectivity index (χ0v) is 19.4. The first-order chi connectivity index (χ1) is 17.8. The van der Waals surface area contributed by atoms with Crippen LogP contribution in [-0.4, -0.2) is 69.2 Å². The van der Waals surface area contributed by atoms with E-state index in [9.17, 15) is 34.2 Å². The molecule has 12 nitrogen and oxygen atoms in total. The van der Waals surface area contributed by atoms with Crippen molar-refractivity contribution in [3.8, 4) is 0 Å². The Hall–Kier alpha value is -4.39. The third kappa shape index (κ3) is 4.37. The Kier molecular flexibility index (Phi) is 7.16. The summed E-state index contributed by atoms with van der Waals surface area (Å²) in [6, 6.07) is 16.0. The number of esters is 1. The third-order valence-electron chi connectivity index (χ3n) is 5.94. The Labute approximate surface area is 208 Å². The Bertz CT molecular complexity index is 1430. The van der Waals surface area contributed by atoms with Crippen LogP contribution < -0.4 is 11.2 Å². The van der Waals surface area contributed by atoms with Gasteiger partial charge in [0.15, 0.2) is 12.2 Å². The molecule has 37 heavy (non-hydrogen) atoms. The van der Waals surface area contributed by atoms with Gasteiger partial charge in [0, 0.05) is 24.9 Å². The van der Waals surface area contributed by atoms with Crippen LogP contribution in [0.4, 0.5) is 0 Å². The number of aliphatic hydroxyl groups excluding tert-OH is 1. The fraction of sp³-hybridized carbons (Fsp3) is 0.240. The van der Waals surface area contributed by atoms with Gasteiger partial charge in [-0.1, -0.05) is 36.4 Å². The zero-order valence-electron chi connectivity index (χ0n) is 19.4. The second kappa shape index (κ2) is 10.3. The molecule has 12 heteroatoms. The lowest BCUT2D eigenvalue weighted by Crippen LogP contribution is -2.59. The van der Waals surface area contributed by atoms with Gasteiger partial charge in [-0.05, 0) is 24.3 Å². The van der Waals surface area contributed by atoms with E-state index in [1.54, 1.807) is 24.3 Å². The SMILES string of the molecule is CO[C@@H]1[C@H](OC(=O)c2ccccc2)[C@@H](CO)O[C@@]1(C(=O)O)n1ccc(=O)n(C(=O)c2ccccc2)c1=O. The van der Waals surface area contributed by atoms with Crippen molar-refractivity contribution in [2.75, 3.05) is 13.7 Å². The molecule has 0 aliphatic carbocycles. The largest absolute Gasteiger partial charge is 0.478 e. The van der Waals surface area contributed by atoms with Crippen LogP contribution in [0, 0.1) is 0 Å². The first-order valence-corrected chi connectivity index (χ1v) is 11.0. The van der Waals surface area contributed by atoms with Crippen molar-refractivity contribution in [2.24, 2.45) is 0 Å². The summed E-state index contributed by atoms with van der Waals surface area (Å²) in [5.41, 5.74) is -4.91. The average molecular weight is 510 g/mol. The molecule has 1 aliphatic heterocycles. The van der Waals surface area contributed by atoms with Gasteiger partial charge >= 0.3 is 17.6 Å². The van der Waals surface area contributed by atoms with Crippen LogP contribution in [-0.2, 0) is 24.7 Å². The molecule has 4 atom stereocenters. The van der Waals surface area contributed by atoms with Crippen molar-refractivity contribution < 1.29 is 38.8 Å². The van der Waals surface area contributed by atoms with Gasteiger partial charge in [-0.3, -0.25) is 14.2 Å². The second-order valence-electron chi connectivity index (χ2n) is 8.05. The van der Waals surface area contributed by atoms with Gasteiger partial charge in [-0.2, -0.15) is 4.57 Å². The van der Waals surface area contributed by atoms with Crippen LogP contribution in [0.3, 0.4) is 0 Å². The summed E-state index contributed by atoms with van der Waals surface area (Å²) < 4.78 is 17.3. The number of hydrogen-bond donors (Lipinski definition) is 2. The van der Waals surface area contributed by atoms with Crippen molar-refractivity contribution in [2.45, 2.75) is 24.0 Å². The molecule has 4 rings (SSSR count). The van der Waals surface area contributed by atoms with E-state index in [1.807, 2.05) is 0 Å². The van der Waals surface area contributed by atoms with Crippen molar-refractivity contribution in [1.29, 1.82) is 0 Å². The maximum atomic E-state index is 13.4. The fourth-order valence-corrected chi connectivity index (χ4v) is 4.22. The molecule has 1 fully saturated rings. The summed E-state index contributed by atoms with van der Waals surface area (Å²) in [6.07, 6.45) is -3.76. The summed E-state index contributed by atoms with van der Waals surface area (Å²) in [6.45, 7) is -0.807. The van der Waals surface area contributed by atoms with Crippen molar-refractivity contribution in [3.63, 3.8) is 0 Å². The van der Waals surface area contributed by atoms with Crippen LogP contribution in [0.25, 0.3) is 0 Å². The third-order valence-corrected chi connectivity index (χ3v) is 5.94. The number of rotatable bonds is 7. The number of carbonyl (C=O) groups is 3. The first kappa shape index (κ1) is 25.7. The lowest BCUT2D eigenvalue weighted by atomic mass is 10.0. The van der Waals surface area contributed by atoms with E-state index < -0.39 is 59.7 Å². The molecule has 192 valence electrons. The number of ether oxygens (including phenoxy) is 3. The molecular weight excluding hydrogens is 488 g/mol. The van der Waals surface area contributed by atoms with E-state index in [1.165, 1.54) is 36.4 Å². The number of carbonyl (C=O) groups excluding carboxylic acids is 2. The lowest BCUT2D eigenvalue weighted by molar-refractivity contribution is -0.199. The predicted octanol–water partition coefficient (Wildman–Crippen LogP) is 0.0676. The van der Waals surface area contributed by atoms with Gasteiger partial charge in [0.1, 0.15) is 6.10 Å². The normalized spacial score (nSPS) is 22.9. The maximum absolute atomic E-state index is 13.4. The summed E-state index contributed by atoms with van der Waals surface area (Å²) in [7, 11) is 1.10. The molecule has 0 spiro atoms. The monoisotopic (exact) mass is 510 g/mol. The Morgan fingerprint density at radius 3 is 2.11 bits per heavy atom. The zero-order chi connectivity index (χ0) is 26.7. The van der Waals surface area contributed by atoms with Crippen molar-refractivity contribution >= 4 is 17.8 Å². The molecule has 1 saturated heterocycles. The predicted molar refractivity (Wildman–Crippen MR) is 125 cm³/mol. The van der Waals surface area contributed by atoms with E-state index in [4.69, 9.17) is 14.2 Å². The Balaban J connectivity index is 1.84. The molecule has 0 amide bonds. The van der Waals surface area contributed by atoms with Gasteiger partial charge in [0.05, 0.1) is 12.2 Å². The van der Waals surface area contributed by atoms with Crippen LogP contribution in [0.5, 0.6) is 0 Å². The molecule has 1 aromatic heterocycles. The highest BCUT2D eigenvalue weighted by Gasteiger charge is 2.64. The highest BCUT2D eigenvalue weighted by molar-refractivity contribution is 5.95. The van der Waals surface area contributed by atoms with Gasteiger partial charge in [-0.25, -0.2) is 14.4 Å². The number of aliphatic hydroxyl groups is 1. The quantitative estimate of drug-likeness (QED) is 0.416. The molecule has 2 aromatic carbocycles. The minimum atomic E-state index is -2.71.